The summed E-state index contributed by atoms with van der Waals surface area (Å²) >= 11 is 0. The first-order valence-corrected chi connectivity index (χ1v) is 19.9. The molecule has 11 rings (SSSR count). The number of hydrogen-bond acceptors (Lipinski definition) is 3. The number of fused-ring (bicyclic) bond motifs is 5. The van der Waals surface area contributed by atoms with E-state index >= 15 is 0 Å². The van der Waals surface area contributed by atoms with Gasteiger partial charge in [0.05, 0.1) is 0 Å². The quantitative estimate of drug-likeness (QED) is 0.170. The number of rotatable bonds is 6. The van der Waals surface area contributed by atoms with E-state index < -0.39 is 0 Å². The van der Waals surface area contributed by atoms with Crippen molar-refractivity contribution in [2.24, 2.45) is 0 Å². The molecule has 0 fully saturated rings. The average Bonchev–Trinajstić information content (AvgIpc) is 3.57. The number of hydrogen-bond donors (Lipinski definition) is 0. The van der Waals surface area contributed by atoms with Crippen molar-refractivity contribution < 1.29 is 0 Å². The van der Waals surface area contributed by atoms with Gasteiger partial charge in [-0.05, 0) is 90.7 Å². The third kappa shape index (κ3) is 5.47. The van der Waals surface area contributed by atoms with E-state index in [1.165, 1.54) is 50.1 Å². The van der Waals surface area contributed by atoms with Gasteiger partial charge in [-0.2, -0.15) is 0 Å². The minimum absolute atomic E-state index is 0.243. The van der Waals surface area contributed by atoms with Crippen molar-refractivity contribution >= 4 is 21.5 Å². The first-order chi connectivity index (χ1) is 28.6. The lowest BCUT2D eigenvalue weighted by molar-refractivity contribution is 0.714. The van der Waals surface area contributed by atoms with Crippen LogP contribution in [0.4, 0.5) is 0 Å². The first-order valence-electron chi connectivity index (χ1n) is 19.9. The fraction of sp³-hybridized carbons (Fsp3) is 0.0364. The molecule has 1 atom stereocenters. The van der Waals surface area contributed by atoms with Gasteiger partial charge in [-0.3, -0.25) is 0 Å². The maximum atomic E-state index is 5.20. The molecule has 0 aliphatic heterocycles. The summed E-state index contributed by atoms with van der Waals surface area (Å²) in [5.74, 6) is 1.94. The van der Waals surface area contributed by atoms with Crippen LogP contribution in [0.3, 0.4) is 0 Å². The zero-order valence-electron chi connectivity index (χ0n) is 32.0. The molecule has 1 aliphatic rings. The summed E-state index contributed by atoms with van der Waals surface area (Å²) < 4.78 is 0. The highest BCUT2D eigenvalue weighted by atomic mass is 15.0. The van der Waals surface area contributed by atoms with Crippen LogP contribution in [0.25, 0.3) is 89.1 Å². The fourth-order valence-corrected chi connectivity index (χ4v) is 9.13. The lowest BCUT2D eigenvalue weighted by Gasteiger charge is -2.28. The molecule has 0 amide bonds. The predicted octanol–water partition coefficient (Wildman–Crippen LogP) is 13.8. The topological polar surface area (TPSA) is 38.7 Å². The van der Waals surface area contributed by atoms with E-state index in [0.29, 0.717) is 17.5 Å². The molecule has 0 radical (unpaired) electrons. The van der Waals surface area contributed by atoms with Gasteiger partial charge in [-0.15, -0.1) is 0 Å². The van der Waals surface area contributed by atoms with Crippen LogP contribution in [0, 0.1) is 0 Å². The Morgan fingerprint density at radius 3 is 1.57 bits per heavy atom. The minimum atomic E-state index is -0.243. The SMILES string of the molecule is CC1(c2ccccc2)c2ccccc2-c2c(-c3ccc4cc(-c5nc(-c6ccccc6)nc(-c6cccc7c(-c8ccccc8)cccc67)n5)ccc4c3)cccc21. The summed E-state index contributed by atoms with van der Waals surface area (Å²) in [5.41, 5.74) is 14.0. The van der Waals surface area contributed by atoms with Gasteiger partial charge in [-0.1, -0.05) is 194 Å². The van der Waals surface area contributed by atoms with Crippen molar-refractivity contribution in [1.29, 1.82) is 0 Å². The van der Waals surface area contributed by atoms with Crippen LogP contribution >= 0.6 is 0 Å². The van der Waals surface area contributed by atoms with E-state index in [2.05, 4.69) is 195 Å². The van der Waals surface area contributed by atoms with Crippen LogP contribution in [0.5, 0.6) is 0 Å². The van der Waals surface area contributed by atoms with Crippen molar-refractivity contribution in [3.63, 3.8) is 0 Å². The Balaban J connectivity index is 1.03. The highest BCUT2D eigenvalue weighted by Crippen LogP contribution is 2.55. The van der Waals surface area contributed by atoms with E-state index in [1.54, 1.807) is 0 Å². The molecule has 9 aromatic carbocycles. The van der Waals surface area contributed by atoms with Gasteiger partial charge in [0.2, 0.25) is 0 Å². The fourth-order valence-electron chi connectivity index (χ4n) is 9.13. The molecule has 1 heterocycles. The third-order valence-corrected chi connectivity index (χ3v) is 12.0. The Hall–Kier alpha value is -7.49. The summed E-state index contributed by atoms with van der Waals surface area (Å²) in [6, 6.07) is 73.6. The molecule has 0 saturated carbocycles. The van der Waals surface area contributed by atoms with E-state index in [1.807, 2.05) is 18.2 Å². The smallest absolute Gasteiger partial charge is 0.164 e. The second kappa shape index (κ2) is 13.6. The number of aromatic nitrogens is 3. The molecule has 3 heteroatoms. The molecule has 272 valence electrons. The van der Waals surface area contributed by atoms with Crippen LogP contribution in [0.2, 0.25) is 0 Å². The van der Waals surface area contributed by atoms with Crippen molar-refractivity contribution in [2.75, 3.05) is 0 Å². The zero-order valence-corrected chi connectivity index (χ0v) is 32.0. The second-order valence-electron chi connectivity index (χ2n) is 15.3. The summed E-state index contributed by atoms with van der Waals surface area (Å²) in [6.45, 7) is 2.37. The zero-order chi connectivity index (χ0) is 38.6. The van der Waals surface area contributed by atoms with Crippen LogP contribution < -0.4 is 0 Å². The monoisotopic (exact) mass is 739 g/mol. The molecule has 58 heavy (non-hydrogen) atoms. The molecular weight excluding hydrogens is 703 g/mol. The van der Waals surface area contributed by atoms with Gasteiger partial charge < -0.3 is 0 Å². The average molecular weight is 740 g/mol. The summed E-state index contributed by atoms with van der Waals surface area (Å²) in [6.07, 6.45) is 0. The summed E-state index contributed by atoms with van der Waals surface area (Å²) in [7, 11) is 0. The minimum Gasteiger partial charge on any atom is -0.208 e. The van der Waals surface area contributed by atoms with Crippen molar-refractivity contribution in [3.8, 4) is 67.5 Å². The van der Waals surface area contributed by atoms with Gasteiger partial charge in [0.1, 0.15) is 0 Å². The normalized spacial score (nSPS) is 14.4. The molecule has 0 N–H and O–H groups in total. The van der Waals surface area contributed by atoms with Gasteiger partial charge in [-0.25, -0.2) is 15.0 Å². The lowest BCUT2D eigenvalue weighted by Crippen LogP contribution is -2.22. The van der Waals surface area contributed by atoms with Gasteiger partial charge in [0.25, 0.3) is 0 Å². The molecule has 3 nitrogen and oxygen atoms in total. The Labute approximate surface area is 338 Å². The Kier molecular flexibility index (Phi) is 7.94. The Bertz CT molecular complexity index is 3170. The highest BCUT2D eigenvalue weighted by Gasteiger charge is 2.41. The standard InChI is InChI=1S/C55H37N3/c1-55(42-20-9-4-10-21-42)49-28-12-11-22-48(49)51-44(24-15-29-50(51)55)40-32-30-39-35-41(33-31-38(39)34-40)53-56-52(37-18-7-3-8-19-37)57-54(58-53)47-27-14-25-45-43(23-13-26-46(45)47)36-16-5-2-6-17-36/h2-35H,1H3. The predicted molar refractivity (Wildman–Crippen MR) is 239 cm³/mol. The molecule has 1 aromatic heterocycles. The lowest BCUT2D eigenvalue weighted by atomic mass is 9.74. The largest absolute Gasteiger partial charge is 0.208 e. The molecule has 0 bridgehead atoms. The van der Waals surface area contributed by atoms with Gasteiger partial charge >= 0.3 is 0 Å². The number of nitrogens with zero attached hydrogens (tertiary/aromatic N) is 3. The molecule has 1 unspecified atom stereocenters. The van der Waals surface area contributed by atoms with Crippen molar-refractivity contribution in [1.82, 2.24) is 15.0 Å². The summed E-state index contributed by atoms with van der Waals surface area (Å²) in [5, 5.41) is 4.55. The van der Waals surface area contributed by atoms with Crippen molar-refractivity contribution in [2.45, 2.75) is 12.3 Å². The number of benzene rings is 9. The summed E-state index contributed by atoms with van der Waals surface area (Å²) in [4.78, 5) is 15.4. The molecule has 10 aromatic rings. The van der Waals surface area contributed by atoms with Gasteiger partial charge in [0, 0.05) is 22.1 Å². The molecular formula is C55H37N3. The van der Waals surface area contributed by atoms with E-state index in [4.69, 9.17) is 15.0 Å². The van der Waals surface area contributed by atoms with Crippen LogP contribution in [0.15, 0.2) is 206 Å². The van der Waals surface area contributed by atoms with E-state index in [0.717, 1.165) is 38.2 Å². The first kappa shape index (κ1) is 33.8. The molecule has 0 saturated heterocycles. The van der Waals surface area contributed by atoms with Crippen molar-refractivity contribution in [3.05, 3.63) is 223 Å². The Morgan fingerprint density at radius 1 is 0.328 bits per heavy atom. The molecule has 1 aliphatic carbocycles. The van der Waals surface area contributed by atoms with E-state index in [-0.39, 0.29) is 5.41 Å². The van der Waals surface area contributed by atoms with Crippen LogP contribution in [-0.4, -0.2) is 15.0 Å². The van der Waals surface area contributed by atoms with Crippen LogP contribution in [0.1, 0.15) is 23.6 Å². The van der Waals surface area contributed by atoms with Crippen LogP contribution in [-0.2, 0) is 5.41 Å². The highest BCUT2D eigenvalue weighted by molar-refractivity contribution is 6.04. The second-order valence-corrected chi connectivity index (χ2v) is 15.3. The maximum Gasteiger partial charge on any atom is 0.164 e. The Morgan fingerprint density at radius 2 is 0.828 bits per heavy atom. The molecule has 0 spiro atoms. The van der Waals surface area contributed by atoms with E-state index in [9.17, 15) is 0 Å². The van der Waals surface area contributed by atoms with Gasteiger partial charge in [0.15, 0.2) is 17.5 Å². The third-order valence-electron chi connectivity index (χ3n) is 12.0. The maximum absolute atomic E-state index is 5.20.